The largest absolute Gasteiger partial charge is 0.490 e. The molecule has 0 unspecified atom stereocenters. The van der Waals surface area contributed by atoms with Gasteiger partial charge in [0, 0.05) is 24.3 Å². The molecule has 0 saturated carbocycles. The molecular formula is C20H22N2O4. The van der Waals surface area contributed by atoms with Crippen molar-refractivity contribution in [3.63, 3.8) is 0 Å². The predicted molar refractivity (Wildman–Crippen MR) is 99.8 cm³/mol. The van der Waals surface area contributed by atoms with Crippen LogP contribution < -0.4 is 19.7 Å². The van der Waals surface area contributed by atoms with Crippen molar-refractivity contribution in [1.29, 1.82) is 0 Å². The number of anilines is 2. The summed E-state index contributed by atoms with van der Waals surface area (Å²) in [5.74, 6) is 0.976. The lowest BCUT2D eigenvalue weighted by Gasteiger charge is -2.17. The van der Waals surface area contributed by atoms with Gasteiger partial charge in [0.1, 0.15) is 0 Å². The number of hydrogen-bond acceptors (Lipinski definition) is 4. The Morgan fingerprint density at radius 2 is 1.88 bits per heavy atom. The minimum atomic E-state index is -0.277. The lowest BCUT2D eigenvalue weighted by molar-refractivity contribution is -0.118. The molecule has 2 aromatic carbocycles. The molecule has 0 bridgehead atoms. The van der Waals surface area contributed by atoms with Gasteiger partial charge in [-0.15, -0.1) is 0 Å². The number of carbonyl (C=O) groups is 2. The third-order valence-electron chi connectivity index (χ3n) is 4.02. The number of ether oxygens (including phenoxy) is 2. The van der Waals surface area contributed by atoms with Gasteiger partial charge >= 0.3 is 0 Å². The Balaban J connectivity index is 1.59. The van der Waals surface area contributed by atoms with E-state index in [2.05, 4.69) is 5.32 Å². The highest BCUT2D eigenvalue weighted by Gasteiger charge is 2.21. The highest BCUT2D eigenvalue weighted by atomic mass is 16.5. The van der Waals surface area contributed by atoms with Crippen LogP contribution in [0, 0.1) is 0 Å². The van der Waals surface area contributed by atoms with E-state index in [1.54, 1.807) is 29.2 Å². The molecule has 0 radical (unpaired) electrons. The van der Waals surface area contributed by atoms with Crippen molar-refractivity contribution < 1.29 is 19.1 Å². The van der Waals surface area contributed by atoms with Crippen LogP contribution in [0.1, 0.15) is 19.8 Å². The van der Waals surface area contributed by atoms with Crippen LogP contribution in [0.4, 0.5) is 11.4 Å². The number of carbonyl (C=O) groups excluding carboxylic acids is 2. The fourth-order valence-corrected chi connectivity index (χ4v) is 2.86. The highest BCUT2D eigenvalue weighted by molar-refractivity contribution is 5.97. The Kier molecular flexibility index (Phi) is 5.73. The van der Waals surface area contributed by atoms with Gasteiger partial charge in [-0.25, -0.2) is 0 Å². The summed E-state index contributed by atoms with van der Waals surface area (Å²) < 4.78 is 11.0. The zero-order valence-corrected chi connectivity index (χ0v) is 14.7. The summed E-state index contributed by atoms with van der Waals surface area (Å²) in [6.07, 6.45) is 1.44. The lowest BCUT2D eigenvalue weighted by atomic mass is 10.2. The van der Waals surface area contributed by atoms with Crippen LogP contribution in [0.15, 0.2) is 48.5 Å². The summed E-state index contributed by atoms with van der Waals surface area (Å²) in [6.45, 7) is 3.00. The summed E-state index contributed by atoms with van der Waals surface area (Å²) in [6, 6.07) is 14.5. The molecule has 136 valence electrons. The Hall–Kier alpha value is -3.02. The van der Waals surface area contributed by atoms with Crippen molar-refractivity contribution in [2.75, 3.05) is 30.0 Å². The van der Waals surface area contributed by atoms with Crippen molar-refractivity contribution >= 4 is 23.2 Å². The molecule has 3 rings (SSSR count). The zero-order valence-electron chi connectivity index (χ0n) is 14.7. The summed E-state index contributed by atoms with van der Waals surface area (Å²) in [5, 5.41) is 2.80. The van der Waals surface area contributed by atoms with E-state index in [4.69, 9.17) is 9.47 Å². The number of hydrogen-bond donors (Lipinski definition) is 1. The Bertz CT molecular complexity index is 791. The fraction of sp³-hybridized carbons (Fsp3) is 0.300. The van der Waals surface area contributed by atoms with Gasteiger partial charge < -0.3 is 19.7 Å². The van der Waals surface area contributed by atoms with Crippen LogP contribution in [-0.4, -0.2) is 31.6 Å². The molecule has 0 aromatic heterocycles. The monoisotopic (exact) mass is 354 g/mol. The second-order valence-corrected chi connectivity index (χ2v) is 5.92. The number of rotatable bonds is 7. The van der Waals surface area contributed by atoms with Crippen LogP contribution in [0.2, 0.25) is 0 Å². The maximum atomic E-state index is 12.2. The van der Waals surface area contributed by atoms with Crippen molar-refractivity contribution in [1.82, 2.24) is 0 Å². The lowest BCUT2D eigenvalue weighted by Crippen LogP contribution is -2.24. The molecule has 1 heterocycles. The van der Waals surface area contributed by atoms with E-state index in [1.807, 2.05) is 31.2 Å². The quantitative estimate of drug-likeness (QED) is 0.829. The standard InChI is InChI=1S/C20H22N2O4/c1-2-25-17-9-3-4-10-18(17)26-14-19(23)21-15-7-5-8-16(13-15)22-12-6-11-20(22)24/h3-5,7-10,13H,2,6,11-12,14H2,1H3,(H,21,23). The van der Waals surface area contributed by atoms with Crippen molar-refractivity contribution in [2.45, 2.75) is 19.8 Å². The summed E-state index contributed by atoms with van der Waals surface area (Å²) in [4.78, 5) is 25.8. The first-order valence-corrected chi connectivity index (χ1v) is 8.72. The van der Waals surface area contributed by atoms with Crippen LogP contribution in [-0.2, 0) is 9.59 Å². The van der Waals surface area contributed by atoms with E-state index in [0.717, 1.165) is 12.1 Å². The molecule has 6 nitrogen and oxygen atoms in total. The maximum absolute atomic E-state index is 12.2. The Morgan fingerprint density at radius 3 is 2.58 bits per heavy atom. The number of para-hydroxylation sites is 2. The van der Waals surface area contributed by atoms with Crippen LogP contribution in [0.25, 0.3) is 0 Å². The molecule has 1 aliphatic rings. The molecule has 1 aliphatic heterocycles. The average molecular weight is 354 g/mol. The molecule has 1 N–H and O–H groups in total. The normalized spacial score (nSPS) is 13.6. The average Bonchev–Trinajstić information content (AvgIpc) is 3.07. The van der Waals surface area contributed by atoms with Gasteiger partial charge in [0.15, 0.2) is 18.1 Å². The van der Waals surface area contributed by atoms with Gasteiger partial charge in [0.05, 0.1) is 6.61 Å². The minimum absolute atomic E-state index is 0.115. The Labute approximate surface area is 152 Å². The molecule has 26 heavy (non-hydrogen) atoms. The van der Waals surface area contributed by atoms with Crippen LogP contribution in [0.3, 0.4) is 0 Å². The van der Waals surface area contributed by atoms with Crippen LogP contribution >= 0.6 is 0 Å². The van der Waals surface area contributed by atoms with Crippen molar-refractivity contribution in [3.8, 4) is 11.5 Å². The molecule has 1 saturated heterocycles. The van der Waals surface area contributed by atoms with Gasteiger partial charge in [0.2, 0.25) is 5.91 Å². The van der Waals surface area contributed by atoms with E-state index < -0.39 is 0 Å². The number of nitrogens with one attached hydrogen (secondary N) is 1. The highest BCUT2D eigenvalue weighted by Crippen LogP contribution is 2.27. The van der Waals surface area contributed by atoms with Gasteiger partial charge in [-0.2, -0.15) is 0 Å². The fourth-order valence-electron chi connectivity index (χ4n) is 2.86. The van der Waals surface area contributed by atoms with Gasteiger partial charge in [-0.05, 0) is 43.7 Å². The van der Waals surface area contributed by atoms with Crippen LogP contribution in [0.5, 0.6) is 11.5 Å². The Morgan fingerprint density at radius 1 is 1.12 bits per heavy atom. The van der Waals surface area contributed by atoms with Gasteiger partial charge in [0.25, 0.3) is 5.91 Å². The third-order valence-corrected chi connectivity index (χ3v) is 4.02. The van der Waals surface area contributed by atoms with Gasteiger partial charge in [-0.1, -0.05) is 18.2 Å². The number of amides is 2. The second kappa shape index (κ2) is 8.38. The molecule has 0 aliphatic carbocycles. The molecule has 2 amide bonds. The topological polar surface area (TPSA) is 67.9 Å². The van der Waals surface area contributed by atoms with E-state index in [1.165, 1.54) is 0 Å². The SMILES string of the molecule is CCOc1ccccc1OCC(=O)Nc1cccc(N2CCCC2=O)c1. The second-order valence-electron chi connectivity index (χ2n) is 5.92. The molecule has 2 aromatic rings. The first kappa shape index (κ1) is 17.8. The summed E-state index contributed by atoms with van der Waals surface area (Å²) in [5.41, 5.74) is 1.43. The number of benzene rings is 2. The summed E-state index contributed by atoms with van der Waals surface area (Å²) >= 11 is 0. The number of nitrogens with zero attached hydrogens (tertiary/aromatic N) is 1. The van der Waals surface area contributed by atoms with Crippen molar-refractivity contribution in [3.05, 3.63) is 48.5 Å². The van der Waals surface area contributed by atoms with Gasteiger partial charge in [-0.3, -0.25) is 9.59 Å². The molecular weight excluding hydrogens is 332 g/mol. The van der Waals surface area contributed by atoms with E-state index >= 15 is 0 Å². The predicted octanol–water partition coefficient (Wildman–Crippen LogP) is 3.23. The third kappa shape index (κ3) is 4.33. The zero-order chi connectivity index (χ0) is 18.4. The molecule has 0 atom stereocenters. The first-order valence-electron chi connectivity index (χ1n) is 8.72. The van der Waals surface area contributed by atoms with E-state index in [-0.39, 0.29) is 18.4 Å². The molecule has 6 heteroatoms. The maximum Gasteiger partial charge on any atom is 0.262 e. The summed E-state index contributed by atoms with van der Waals surface area (Å²) in [7, 11) is 0. The smallest absolute Gasteiger partial charge is 0.262 e. The minimum Gasteiger partial charge on any atom is -0.490 e. The van der Waals surface area contributed by atoms with E-state index in [9.17, 15) is 9.59 Å². The van der Waals surface area contributed by atoms with E-state index in [0.29, 0.717) is 36.8 Å². The first-order chi connectivity index (χ1) is 12.7. The molecule has 0 spiro atoms. The molecule has 1 fully saturated rings. The van der Waals surface area contributed by atoms with Crippen molar-refractivity contribution in [2.24, 2.45) is 0 Å².